The van der Waals surface area contributed by atoms with Gasteiger partial charge >= 0.3 is 0 Å². The van der Waals surface area contributed by atoms with Crippen molar-refractivity contribution in [3.63, 3.8) is 0 Å². The summed E-state index contributed by atoms with van der Waals surface area (Å²) in [5, 5.41) is 3.20. The summed E-state index contributed by atoms with van der Waals surface area (Å²) in [6, 6.07) is 14.4. The lowest BCUT2D eigenvalue weighted by molar-refractivity contribution is -0.119. The predicted molar refractivity (Wildman–Crippen MR) is 134 cm³/mol. The Balaban J connectivity index is 1.49. The average molecular weight is 491 g/mol. The number of Topliss-reactive ketones (excluding diaryl/α,β-unsaturated/α-hetero) is 2. The largest absolute Gasteiger partial charge is 0.483 e. The van der Waals surface area contributed by atoms with Gasteiger partial charge in [0.1, 0.15) is 5.75 Å². The number of ether oxygens (including phenoxy) is 1. The molecule has 0 saturated carbocycles. The second-order valence-electron chi connectivity index (χ2n) is 9.12. The second-order valence-corrected chi connectivity index (χ2v) is 9.53. The highest BCUT2D eigenvalue weighted by atomic mass is 35.5. The molecule has 1 amide bonds. The van der Waals surface area contributed by atoms with Crippen LogP contribution in [0.5, 0.6) is 5.75 Å². The first kappa shape index (κ1) is 23.4. The number of rotatable bonds is 5. The first-order chi connectivity index (χ1) is 17.0. The molecule has 3 aliphatic rings. The fourth-order valence-electron chi connectivity index (χ4n) is 5.41. The Bertz CT molecular complexity index is 1240. The van der Waals surface area contributed by atoms with Gasteiger partial charge in [0.2, 0.25) is 0 Å². The van der Waals surface area contributed by atoms with Gasteiger partial charge in [-0.3, -0.25) is 14.4 Å². The maximum absolute atomic E-state index is 13.2. The normalized spacial score (nSPS) is 18.4. The van der Waals surface area contributed by atoms with Crippen LogP contribution in [0.3, 0.4) is 0 Å². The molecule has 0 saturated heterocycles. The van der Waals surface area contributed by atoms with E-state index < -0.39 is 5.92 Å². The van der Waals surface area contributed by atoms with E-state index in [1.54, 1.807) is 30.3 Å². The van der Waals surface area contributed by atoms with E-state index >= 15 is 0 Å². The maximum Gasteiger partial charge on any atom is 0.262 e. The van der Waals surface area contributed by atoms with Gasteiger partial charge in [0.05, 0.1) is 10.7 Å². The Labute approximate surface area is 209 Å². The molecule has 0 atom stereocenters. The zero-order valence-corrected chi connectivity index (χ0v) is 20.4. The van der Waals surface area contributed by atoms with Crippen LogP contribution in [0.4, 0.5) is 5.69 Å². The van der Waals surface area contributed by atoms with Crippen molar-refractivity contribution in [2.75, 3.05) is 19.0 Å². The van der Waals surface area contributed by atoms with Crippen LogP contribution >= 0.6 is 11.6 Å². The van der Waals surface area contributed by atoms with Crippen LogP contribution in [0, 0.1) is 0 Å². The SMILES string of the molecule is CN1C2=C(C(=O)CCC2)C(c2ccccc2OCC(=O)Nc2ccccc2Cl)C2=C1CCCC2=O. The lowest BCUT2D eigenvalue weighted by Crippen LogP contribution is -2.37. The number of para-hydroxylation sites is 2. The molecule has 0 unspecified atom stereocenters. The fraction of sp³-hybridized carbons (Fsp3) is 0.321. The fourth-order valence-corrected chi connectivity index (χ4v) is 5.59. The van der Waals surface area contributed by atoms with Crippen molar-refractivity contribution in [1.29, 1.82) is 0 Å². The summed E-state index contributed by atoms with van der Waals surface area (Å²) in [6.07, 6.45) is 4.19. The van der Waals surface area contributed by atoms with Crippen molar-refractivity contribution >= 4 is 34.8 Å². The summed E-state index contributed by atoms with van der Waals surface area (Å²) >= 11 is 6.15. The molecule has 35 heavy (non-hydrogen) atoms. The lowest BCUT2D eigenvalue weighted by atomic mass is 9.71. The summed E-state index contributed by atoms with van der Waals surface area (Å²) in [5.41, 5.74) is 4.67. The topological polar surface area (TPSA) is 75.7 Å². The number of hydrogen-bond donors (Lipinski definition) is 1. The molecule has 0 radical (unpaired) electrons. The Morgan fingerprint density at radius 1 is 0.943 bits per heavy atom. The van der Waals surface area contributed by atoms with E-state index in [1.165, 1.54) is 0 Å². The van der Waals surface area contributed by atoms with Gasteiger partial charge in [0.25, 0.3) is 5.91 Å². The number of nitrogens with zero attached hydrogens (tertiary/aromatic N) is 1. The highest BCUT2D eigenvalue weighted by Crippen LogP contribution is 2.50. The summed E-state index contributed by atoms with van der Waals surface area (Å²) < 4.78 is 5.98. The molecule has 1 heterocycles. The molecular weight excluding hydrogens is 464 g/mol. The third-order valence-electron chi connectivity index (χ3n) is 6.98. The van der Waals surface area contributed by atoms with E-state index in [0.717, 1.165) is 42.6 Å². The molecule has 2 aromatic carbocycles. The van der Waals surface area contributed by atoms with Crippen molar-refractivity contribution < 1.29 is 19.1 Å². The molecule has 0 fully saturated rings. The smallest absolute Gasteiger partial charge is 0.262 e. The van der Waals surface area contributed by atoms with Crippen molar-refractivity contribution in [2.24, 2.45) is 0 Å². The third-order valence-corrected chi connectivity index (χ3v) is 7.31. The number of ketones is 2. The molecule has 1 N–H and O–H groups in total. The molecule has 0 aromatic heterocycles. The molecule has 0 spiro atoms. The number of nitrogens with one attached hydrogen (secondary N) is 1. The van der Waals surface area contributed by atoms with Crippen LogP contribution in [0.2, 0.25) is 5.02 Å². The Morgan fingerprint density at radius 2 is 1.54 bits per heavy atom. The molecule has 6 nitrogen and oxygen atoms in total. The van der Waals surface area contributed by atoms with E-state index in [9.17, 15) is 14.4 Å². The van der Waals surface area contributed by atoms with E-state index in [0.29, 0.717) is 40.4 Å². The Morgan fingerprint density at radius 3 is 2.20 bits per heavy atom. The van der Waals surface area contributed by atoms with Crippen molar-refractivity contribution in [3.8, 4) is 5.75 Å². The molecule has 1 aliphatic heterocycles. The van der Waals surface area contributed by atoms with E-state index in [4.69, 9.17) is 16.3 Å². The van der Waals surface area contributed by atoms with Gasteiger partial charge in [0, 0.05) is 53.9 Å². The second kappa shape index (κ2) is 9.70. The molecule has 7 heteroatoms. The summed E-state index contributed by atoms with van der Waals surface area (Å²) in [6.45, 7) is -0.228. The predicted octanol–water partition coefficient (Wildman–Crippen LogP) is 5.40. The van der Waals surface area contributed by atoms with Gasteiger partial charge < -0.3 is 15.0 Å². The zero-order chi connectivity index (χ0) is 24.5. The number of benzene rings is 2. The summed E-state index contributed by atoms with van der Waals surface area (Å²) in [4.78, 5) is 41.1. The minimum atomic E-state index is -0.473. The monoisotopic (exact) mass is 490 g/mol. The first-order valence-electron chi connectivity index (χ1n) is 12.0. The van der Waals surface area contributed by atoms with E-state index in [-0.39, 0.29) is 24.1 Å². The van der Waals surface area contributed by atoms with Crippen LogP contribution in [0.1, 0.15) is 50.0 Å². The number of anilines is 1. The Kier molecular flexibility index (Phi) is 6.48. The number of amides is 1. The standard InChI is InChI=1S/C28H27ClN2O4/c1-31-20-11-6-13-22(32)27(20)26(28-21(31)12-7-14-23(28)33)17-8-2-5-15-24(17)35-16-25(34)30-19-10-4-3-9-18(19)29/h2-5,8-10,15,26H,6-7,11-14,16H2,1H3,(H,30,34). The molecule has 0 bridgehead atoms. The molecule has 2 aliphatic carbocycles. The minimum absolute atomic E-state index is 0.0827. The van der Waals surface area contributed by atoms with Crippen LogP contribution in [-0.2, 0) is 14.4 Å². The zero-order valence-electron chi connectivity index (χ0n) is 19.6. The highest BCUT2D eigenvalue weighted by Gasteiger charge is 2.43. The molecular formula is C28H27ClN2O4. The highest BCUT2D eigenvalue weighted by molar-refractivity contribution is 6.33. The number of carbonyl (C=O) groups is 3. The van der Waals surface area contributed by atoms with Gasteiger partial charge in [0.15, 0.2) is 18.2 Å². The molecule has 180 valence electrons. The first-order valence-corrected chi connectivity index (χ1v) is 12.4. The van der Waals surface area contributed by atoms with Gasteiger partial charge in [-0.05, 0) is 43.9 Å². The number of allylic oxidation sites excluding steroid dienone is 4. The third kappa shape index (κ3) is 4.39. The van der Waals surface area contributed by atoms with Crippen molar-refractivity contribution in [3.05, 3.63) is 81.7 Å². The quantitative estimate of drug-likeness (QED) is 0.607. The average Bonchev–Trinajstić information content (AvgIpc) is 2.86. The number of carbonyl (C=O) groups excluding carboxylic acids is 3. The van der Waals surface area contributed by atoms with Gasteiger partial charge in [-0.15, -0.1) is 0 Å². The Hall–Kier alpha value is -3.38. The number of hydrogen-bond acceptors (Lipinski definition) is 5. The summed E-state index contributed by atoms with van der Waals surface area (Å²) in [5.74, 6) is -0.163. The lowest BCUT2D eigenvalue weighted by Gasteiger charge is -2.42. The van der Waals surface area contributed by atoms with Crippen LogP contribution in [0.25, 0.3) is 0 Å². The van der Waals surface area contributed by atoms with Gasteiger partial charge in [-0.2, -0.15) is 0 Å². The summed E-state index contributed by atoms with van der Waals surface area (Å²) in [7, 11) is 1.97. The van der Waals surface area contributed by atoms with Crippen molar-refractivity contribution in [1.82, 2.24) is 4.90 Å². The van der Waals surface area contributed by atoms with Crippen LogP contribution in [-0.4, -0.2) is 36.0 Å². The van der Waals surface area contributed by atoms with Gasteiger partial charge in [-0.1, -0.05) is 41.9 Å². The van der Waals surface area contributed by atoms with E-state index in [2.05, 4.69) is 10.2 Å². The molecule has 2 aromatic rings. The van der Waals surface area contributed by atoms with Crippen molar-refractivity contribution in [2.45, 2.75) is 44.4 Å². The van der Waals surface area contributed by atoms with Crippen LogP contribution < -0.4 is 10.1 Å². The minimum Gasteiger partial charge on any atom is -0.483 e. The van der Waals surface area contributed by atoms with Crippen LogP contribution in [0.15, 0.2) is 71.1 Å². The van der Waals surface area contributed by atoms with Gasteiger partial charge in [-0.25, -0.2) is 0 Å². The number of halogens is 1. The molecule has 5 rings (SSSR count). The maximum atomic E-state index is 13.2. The van der Waals surface area contributed by atoms with E-state index in [1.807, 2.05) is 25.2 Å².